The summed E-state index contributed by atoms with van der Waals surface area (Å²) in [7, 11) is 0. The lowest BCUT2D eigenvalue weighted by Crippen LogP contribution is -2.17. The summed E-state index contributed by atoms with van der Waals surface area (Å²) in [5.41, 5.74) is 3.95. The first-order chi connectivity index (χ1) is 11.2. The van der Waals surface area contributed by atoms with Gasteiger partial charge in [-0.05, 0) is 36.8 Å². The average Bonchev–Trinajstić information content (AvgIpc) is 2.57. The highest BCUT2D eigenvalue weighted by Gasteiger charge is 2.04. The Labute approximate surface area is 144 Å². The van der Waals surface area contributed by atoms with E-state index in [4.69, 9.17) is 4.74 Å². The van der Waals surface area contributed by atoms with Crippen molar-refractivity contribution < 1.29 is 9.53 Å². The van der Waals surface area contributed by atoms with Crippen molar-refractivity contribution in [3.8, 4) is 5.75 Å². The molecule has 0 heterocycles. The first-order valence-electron chi connectivity index (χ1n) is 7.51. The number of nitrogens with zero attached hydrogens (tertiary/aromatic N) is 1. The van der Waals surface area contributed by atoms with E-state index in [1.807, 2.05) is 24.3 Å². The fourth-order valence-corrected chi connectivity index (χ4v) is 2.23. The van der Waals surface area contributed by atoms with Crippen LogP contribution in [0.3, 0.4) is 0 Å². The van der Waals surface area contributed by atoms with E-state index in [0.717, 1.165) is 28.6 Å². The number of nitrogens with one attached hydrogen (secondary N) is 1. The van der Waals surface area contributed by atoms with Crippen LogP contribution in [0.2, 0.25) is 0 Å². The summed E-state index contributed by atoms with van der Waals surface area (Å²) in [4.78, 5) is 12.0. The summed E-state index contributed by atoms with van der Waals surface area (Å²) in [5.74, 6) is 0.514. The zero-order valence-corrected chi connectivity index (χ0v) is 14.5. The Kier molecular flexibility index (Phi) is 6.81. The van der Waals surface area contributed by atoms with Gasteiger partial charge in [0.2, 0.25) is 0 Å². The van der Waals surface area contributed by atoms with Crippen molar-refractivity contribution in [3.05, 3.63) is 64.1 Å². The number of hydrazone groups is 1. The second kappa shape index (κ2) is 9.10. The van der Waals surface area contributed by atoms with Gasteiger partial charge in [0.25, 0.3) is 5.91 Å². The zero-order chi connectivity index (χ0) is 16.5. The van der Waals surface area contributed by atoms with E-state index in [1.54, 1.807) is 30.5 Å². The first-order valence-corrected chi connectivity index (χ1v) is 8.31. The lowest BCUT2D eigenvalue weighted by Gasteiger charge is -2.06. The van der Waals surface area contributed by atoms with Gasteiger partial charge in [0.15, 0.2) is 0 Å². The van der Waals surface area contributed by atoms with Crippen molar-refractivity contribution in [3.63, 3.8) is 0 Å². The minimum absolute atomic E-state index is 0.256. The molecular formula is C18H19BrN2O2. The number of halogens is 1. The van der Waals surface area contributed by atoms with Crippen molar-refractivity contribution in [2.24, 2.45) is 5.10 Å². The molecule has 120 valence electrons. The van der Waals surface area contributed by atoms with Crippen molar-refractivity contribution in [2.75, 3.05) is 6.61 Å². The number of benzene rings is 2. The summed E-state index contributed by atoms with van der Waals surface area (Å²) in [6.07, 6.45) is 3.71. The van der Waals surface area contributed by atoms with Gasteiger partial charge in [-0.1, -0.05) is 47.5 Å². The van der Waals surface area contributed by atoms with Gasteiger partial charge in [-0.3, -0.25) is 4.79 Å². The summed E-state index contributed by atoms with van der Waals surface area (Å²) < 4.78 is 6.49. The Balaban J connectivity index is 1.89. The molecule has 1 N–H and O–H groups in total. The predicted octanol–water partition coefficient (Wildman–Crippen LogP) is 4.39. The van der Waals surface area contributed by atoms with Crippen LogP contribution in [0.5, 0.6) is 5.75 Å². The van der Waals surface area contributed by atoms with Gasteiger partial charge >= 0.3 is 0 Å². The van der Waals surface area contributed by atoms with Gasteiger partial charge in [0, 0.05) is 15.6 Å². The standard InChI is InChI=1S/C18H19BrN2O2/c1-2-3-12-23-16-10-8-14(9-11-16)18(22)21-20-13-15-6-4-5-7-17(15)19/h4-11,13H,2-3,12H2,1H3,(H,21,22)/b20-13-. The molecule has 0 atom stereocenters. The molecule has 0 saturated heterocycles. The van der Waals surface area contributed by atoms with Crippen LogP contribution in [-0.4, -0.2) is 18.7 Å². The molecule has 2 aromatic rings. The van der Waals surface area contributed by atoms with E-state index >= 15 is 0 Å². The fraction of sp³-hybridized carbons (Fsp3) is 0.222. The Morgan fingerprint density at radius 2 is 1.96 bits per heavy atom. The molecule has 0 aromatic heterocycles. The monoisotopic (exact) mass is 374 g/mol. The summed E-state index contributed by atoms with van der Waals surface area (Å²) in [6.45, 7) is 2.81. The number of carbonyl (C=O) groups excluding carboxylic acids is 1. The zero-order valence-electron chi connectivity index (χ0n) is 13.0. The third-order valence-electron chi connectivity index (χ3n) is 3.16. The number of unbranched alkanes of at least 4 members (excludes halogenated alkanes) is 1. The number of amides is 1. The minimum atomic E-state index is -0.256. The molecule has 0 fully saturated rings. The van der Waals surface area contributed by atoms with Gasteiger partial charge in [-0.2, -0.15) is 5.10 Å². The molecule has 5 heteroatoms. The molecule has 0 aliphatic carbocycles. The SMILES string of the molecule is CCCCOc1ccc(C(=O)N/N=C\c2ccccc2Br)cc1. The van der Waals surface area contributed by atoms with Crippen LogP contribution in [0.15, 0.2) is 58.1 Å². The second-order valence-corrected chi connectivity index (χ2v) is 5.80. The molecule has 0 aliphatic heterocycles. The van der Waals surface area contributed by atoms with Gasteiger partial charge in [0.05, 0.1) is 12.8 Å². The average molecular weight is 375 g/mol. The molecule has 0 spiro atoms. The minimum Gasteiger partial charge on any atom is -0.494 e. The van der Waals surface area contributed by atoms with Gasteiger partial charge in [-0.25, -0.2) is 5.43 Å². The highest BCUT2D eigenvalue weighted by molar-refractivity contribution is 9.10. The van der Waals surface area contributed by atoms with E-state index < -0.39 is 0 Å². The van der Waals surface area contributed by atoms with Crippen LogP contribution in [0, 0.1) is 0 Å². The Morgan fingerprint density at radius 3 is 2.65 bits per heavy atom. The molecule has 1 amide bonds. The molecular weight excluding hydrogens is 356 g/mol. The van der Waals surface area contributed by atoms with E-state index in [0.29, 0.717) is 12.2 Å². The molecule has 2 rings (SSSR count). The third-order valence-corrected chi connectivity index (χ3v) is 3.88. The van der Waals surface area contributed by atoms with E-state index in [9.17, 15) is 4.79 Å². The number of hydrogen-bond donors (Lipinski definition) is 1. The predicted molar refractivity (Wildman–Crippen MR) is 96.0 cm³/mol. The highest BCUT2D eigenvalue weighted by atomic mass is 79.9. The maximum atomic E-state index is 12.0. The second-order valence-electron chi connectivity index (χ2n) is 4.95. The molecule has 2 aromatic carbocycles. The summed E-state index contributed by atoms with van der Waals surface area (Å²) in [5, 5.41) is 3.98. The van der Waals surface area contributed by atoms with Crippen molar-refractivity contribution in [1.82, 2.24) is 5.43 Å². The largest absolute Gasteiger partial charge is 0.494 e. The van der Waals surface area contributed by atoms with Crippen molar-refractivity contribution in [1.29, 1.82) is 0 Å². The Bertz CT molecular complexity index is 669. The molecule has 0 bridgehead atoms. The van der Waals surface area contributed by atoms with Crippen LogP contribution in [-0.2, 0) is 0 Å². The summed E-state index contributed by atoms with van der Waals surface area (Å²) >= 11 is 3.42. The number of hydrogen-bond acceptors (Lipinski definition) is 3. The Hall–Kier alpha value is -2.14. The smallest absolute Gasteiger partial charge is 0.271 e. The van der Waals surface area contributed by atoms with Gasteiger partial charge in [0.1, 0.15) is 5.75 Å². The number of carbonyl (C=O) groups is 1. The first kappa shape index (κ1) is 17.2. The summed E-state index contributed by atoms with van der Waals surface area (Å²) in [6, 6.07) is 14.7. The maximum absolute atomic E-state index is 12.0. The molecule has 23 heavy (non-hydrogen) atoms. The molecule has 0 saturated carbocycles. The van der Waals surface area contributed by atoms with Crippen LogP contribution in [0.1, 0.15) is 35.7 Å². The normalized spacial score (nSPS) is 10.7. The topological polar surface area (TPSA) is 50.7 Å². The van der Waals surface area contributed by atoms with Crippen molar-refractivity contribution >= 4 is 28.1 Å². The Morgan fingerprint density at radius 1 is 1.22 bits per heavy atom. The third kappa shape index (κ3) is 5.53. The van der Waals surface area contributed by atoms with Crippen LogP contribution < -0.4 is 10.2 Å². The van der Waals surface area contributed by atoms with Gasteiger partial charge < -0.3 is 4.74 Å². The van der Waals surface area contributed by atoms with E-state index in [2.05, 4.69) is 33.4 Å². The molecule has 0 radical (unpaired) electrons. The van der Waals surface area contributed by atoms with Crippen LogP contribution in [0.25, 0.3) is 0 Å². The number of rotatable bonds is 7. The molecule has 0 aliphatic rings. The van der Waals surface area contributed by atoms with Crippen LogP contribution >= 0.6 is 15.9 Å². The molecule has 4 nitrogen and oxygen atoms in total. The quantitative estimate of drug-likeness (QED) is 0.443. The lowest BCUT2D eigenvalue weighted by atomic mass is 10.2. The van der Waals surface area contributed by atoms with Crippen molar-refractivity contribution in [2.45, 2.75) is 19.8 Å². The van der Waals surface area contributed by atoms with E-state index in [-0.39, 0.29) is 5.91 Å². The highest BCUT2D eigenvalue weighted by Crippen LogP contribution is 2.14. The fourth-order valence-electron chi connectivity index (χ4n) is 1.84. The van der Waals surface area contributed by atoms with Gasteiger partial charge in [-0.15, -0.1) is 0 Å². The van der Waals surface area contributed by atoms with Crippen LogP contribution in [0.4, 0.5) is 0 Å². The van der Waals surface area contributed by atoms with E-state index in [1.165, 1.54) is 0 Å². The molecule has 0 unspecified atom stereocenters. The lowest BCUT2D eigenvalue weighted by molar-refractivity contribution is 0.0955. The number of ether oxygens (including phenoxy) is 1. The maximum Gasteiger partial charge on any atom is 0.271 e.